The number of urea groups is 1. The molecule has 3 aromatic rings. The van der Waals surface area contributed by atoms with Crippen molar-refractivity contribution in [1.29, 1.82) is 0 Å². The van der Waals surface area contributed by atoms with E-state index < -0.39 is 22.2 Å². The number of nitrogens with one attached hydrogen (secondary N) is 3. The van der Waals surface area contributed by atoms with Gasteiger partial charge in [-0.25, -0.2) is 22.7 Å². The van der Waals surface area contributed by atoms with E-state index >= 15 is 0 Å². The highest BCUT2D eigenvalue weighted by Gasteiger charge is 2.24. The molecule has 0 aliphatic rings. The van der Waals surface area contributed by atoms with Crippen LogP contribution in [0.15, 0.2) is 83.8 Å². The van der Waals surface area contributed by atoms with Crippen LogP contribution in [-0.2, 0) is 26.1 Å². The van der Waals surface area contributed by atoms with Crippen LogP contribution in [0.5, 0.6) is 0 Å². The van der Waals surface area contributed by atoms with Crippen LogP contribution in [0.25, 0.3) is 0 Å². The third-order valence-corrected chi connectivity index (χ3v) is 8.34. The molecule has 13 heteroatoms. The number of benzene rings is 3. The molecule has 44 heavy (non-hydrogen) atoms. The summed E-state index contributed by atoms with van der Waals surface area (Å²) in [7, 11) is -3.85. The van der Waals surface area contributed by atoms with Gasteiger partial charge in [0.2, 0.25) is 10.0 Å². The molecule has 0 heterocycles. The number of ether oxygens (including phenoxy) is 2. The van der Waals surface area contributed by atoms with Crippen molar-refractivity contribution in [3.8, 4) is 0 Å². The Labute approximate surface area is 269 Å². The van der Waals surface area contributed by atoms with Crippen molar-refractivity contribution in [2.24, 2.45) is 0 Å². The Balaban J connectivity index is 1.62. The number of anilines is 1. The lowest BCUT2D eigenvalue weighted by atomic mass is 10.2. The number of halogens is 2. The van der Waals surface area contributed by atoms with E-state index in [-0.39, 0.29) is 48.2 Å². The fraction of sp³-hybridized carbons (Fsp3) is 0.355. The van der Waals surface area contributed by atoms with Gasteiger partial charge in [-0.3, -0.25) is 5.32 Å². The van der Waals surface area contributed by atoms with E-state index in [1.165, 1.54) is 23.1 Å². The summed E-state index contributed by atoms with van der Waals surface area (Å²) >= 11 is 11.9. The van der Waals surface area contributed by atoms with E-state index in [2.05, 4.69) is 15.4 Å². The van der Waals surface area contributed by atoms with Crippen LogP contribution in [0, 0.1) is 0 Å². The molecule has 0 radical (unpaired) electrons. The summed E-state index contributed by atoms with van der Waals surface area (Å²) in [4.78, 5) is 27.3. The number of unbranched alkanes of at least 4 members (excludes halogenated alkanes) is 1. The number of para-hydroxylation sites is 1. The minimum atomic E-state index is -3.85. The van der Waals surface area contributed by atoms with Crippen molar-refractivity contribution in [3.05, 3.63) is 94.5 Å². The smallest absolute Gasteiger partial charge is 0.412 e. The van der Waals surface area contributed by atoms with Crippen molar-refractivity contribution in [2.45, 2.75) is 50.3 Å². The summed E-state index contributed by atoms with van der Waals surface area (Å²) in [6.07, 6.45) is -0.564. The first-order valence-electron chi connectivity index (χ1n) is 14.2. The molecule has 3 rings (SSSR count). The van der Waals surface area contributed by atoms with Crippen molar-refractivity contribution >= 4 is 51.0 Å². The normalized spacial score (nSPS) is 12.0. The van der Waals surface area contributed by atoms with Gasteiger partial charge in [0.1, 0.15) is 11.0 Å². The molecule has 0 aromatic heterocycles. The quantitative estimate of drug-likeness (QED) is 0.154. The van der Waals surface area contributed by atoms with Gasteiger partial charge in [-0.1, -0.05) is 71.7 Å². The molecule has 0 saturated carbocycles. The van der Waals surface area contributed by atoms with Gasteiger partial charge in [-0.05, 0) is 62.6 Å². The second-order valence-corrected chi connectivity index (χ2v) is 12.8. The summed E-state index contributed by atoms with van der Waals surface area (Å²) in [6.45, 7) is 4.50. The summed E-state index contributed by atoms with van der Waals surface area (Å²) in [5.41, 5.74) is 1.52. The van der Waals surface area contributed by atoms with Crippen LogP contribution in [-0.4, -0.2) is 63.8 Å². The van der Waals surface area contributed by atoms with Crippen molar-refractivity contribution < 1.29 is 27.5 Å². The van der Waals surface area contributed by atoms with Crippen LogP contribution in [0.3, 0.4) is 0 Å². The van der Waals surface area contributed by atoms with Crippen LogP contribution >= 0.6 is 23.2 Å². The van der Waals surface area contributed by atoms with Crippen molar-refractivity contribution in [3.63, 3.8) is 0 Å². The first kappa shape index (κ1) is 35.1. The van der Waals surface area contributed by atoms with Crippen LogP contribution in [0.1, 0.15) is 32.3 Å². The molecule has 3 N–H and O–H groups in total. The molecule has 0 spiro atoms. The first-order valence-corrected chi connectivity index (χ1v) is 16.4. The Morgan fingerprint density at radius 1 is 0.932 bits per heavy atom. The van der Waals surface area contributed by atoms with Crippen molar-refractivity contribution in [1.82, 2.24) is 14.9 Å². The zero-order valence-electron chi connectivity index (χ0n) is 24.7. The standard InChI is InChI=1S/C31H38Cl2N4O6S/c1-23(2)35-30(38)37(18-10-9-17-34-44(40,41)29-16-15-25(32)19-28(29)33)20-27(22-42-21-24-11-5-3-6-12-24)43-31(39)36-26-13-7-4-8-14-26/h3-8,11-16,19,23,27,34H,9-10,17-18,20-22H2,1-2H3,(H,35,38)(H,36,39). The number of nitrogens with zero attached hydrogens (tertiary/aromatic N) is 1. The third-order valence-electron chi connectivity index (χ3n) is 6.16. The van der Waals surface area contributed by atoms with E-state index in [0.29, 0.717) is 30.2 Å². The van der Waals surface area contributed by atoms with Gasteiger partial charge >= 0.3 is 12.1 Å². The molecular formula is C31H38Cl2N4O6S. The average molecular weight is 666 g/mol. The van der Waals surface area contributed by atoms with Gasteiger partial charge in [0, 0.05) is 29.8 Å². The number of amides is 3. The van der Waals surface area contributed by atoms with Crippen LogP contribution in [0.4, 0.5) is 15.3 Å². The van der Waals surface area contributed by atoms with E-state index in [0.717, 1.165) is 5.56 Å². The number of carbonyl (C=O) groups excluding carboxylic acids is 2. The van der Waals surface area contributed by atoms with Crippen molar-refractivity contribution in [2.75, 3.05) is 31.6 Å². The van der Waals surface area contributed by atoms with E-state index in [1.807, 2.05) is 50.2 Å². The summed E-state index contributed by atoms with van der Waals surface area (Å²) in [5.74, 6) is 0. The maximum atomic E-state index is 13.1. The van der Waals surface area contributed by atoms with Gasteiger partial charge < -0.3 is 19.7 Å². The van der Waals surface area contributed by atoms with Gasteiger partial charge in [0.15, 0.2) is 0 Å². The molecule has 0 bridgehead atoms. The zero-order valence-corrected chi connectivity index (χ0v) is 27.0. The number of carbonyl (C=O) groups is 2. The molecule has 0 saturated heterocycles. The zero-order chi connectivity index (χ0) is 32.0. The summed E-state index contributed by atoms with van der Waals surface area (Å²) in [6, 6.07) is 22.2. The number of hydrogen-bond donors (Lipinski definition) is 3. The Hall–Kier alpha value is -3.35. The summed E-state index contributed by atoms with van der Waals surface area (Å²) in [5, 5.41) is 5.92. The van der Waals surface area contributed by atoms with E-state index in [9.17, 15) is 18.0 Å². The minimum absolute atomic E-state index is 0.0263. The van der Waals surface area contributed by atoms with Gasteiger partial charge in [0.05, 0.1) is 24.8 Å². The number of rotatable bonds is 16. The maximum absolute atomic E-state index is 13.1. The Morgan fingerprint density at radius 3 is 2.27 bits per heavy atom. The predicted molar refractivity (Wildman–Crippen MR) is 173 cm³/mol. The fourth-order valence-electron chi connectivity index (χ4n) is 4.09. The van der Waals surface area contributed by atoms with Gasteiger partial charge in [-0.15, -0.1) is 0 Å². The lowest BCUT2D eigenvalue weighted by Crippen LogP contribution is -2.48. The predicted octanol–water partition coefficient (Wildman–Crippen LogP) is 6.31. The van der Waals surface area contributed by atoms with Gasteiger partial charge in [-0.2, -0.15) is 0 Å². The molecule has 1 unspecified atom stereocenters. The van der Waals surface area contributed by atoms with Crippen LogP contribution in [0.2, 0.25) is 10.0 Å². The lowest BCUT2D eigenvalue weighted by Gasteiger charge is -2.28. The third kappa shape index (κ3) is 12.3. The molecule has 238 valence electrons. The monoisotopic (exact) mass is 664 g/mol. The highest BCUT2D eigenvalue weighted by molar-refractivity contribution is 7.89. The number of hydrogen-bond acceptors (Lipinski definition) is 6. The first-order chi connectivity index (χ1) is 21.0. The number of sulfonamides is 1. The Bertz CT molecular complexity index is 1450. The lowest BCUT2D eigenvalue weighted by molar-refractivity contribution is 0.00628. The average Bonchev–Trinajstić information content (AvgIpc) is 2.96. The van der Waals surface area contributed by atoms with E-state index in [1.54, 1.807) is 24.3 Å². The summed E-state index contributed by atoms with van der Waals surface area (Å²) < 4.78 is 39.5. The fourth-order valence-corrected chi connectivity index (χ4v) is 5.94. The molecule has 1 atom stereocenters. The highest BCUT2D eigenvalue weighted by atomic mass is 35.5. The Kier molecular flexibility index (Phi) is 14.2. The minimum Gasteiger partial charge on any atom is -0.442 e. The second-order valence-electron chi connectivity index (χ2n) is 10.2. The van der Waals surface area contributed by atoms with Crippen LogP contribution < -0.4 is 15.4 Å². The second kappa shape index (κ2) is 17.8. The largest absolute Gasteiger partial charge is 0.442 e. The molecule has 0 fully saturated rings. The highest BCUT2D eigenvalue weighted by Crippen LogP contribution is 2.24. The molecule has 0 aliphatic heterocycles. The topological polar surface area (TPSA) is 126 Å². The maximum Gasteiger partial charge on any atom is 0.412 e. The molecule has 3 amide bonds. The molecule has 0 aliphatic carbocycles. The molecule has 10 nitrogen and oxygen atoms in total. The molecule has 3 aromatic carbocycles. The SMILES string of the molecule is CC(C)NC(=O)N(CCCCNS(=O)(=O)c1ccc(Cl)cc1Cl)CC(COCc1ccccc1)OC(=O)Nc1ccccc1. The Morgan fingerprint density at radius 2 is 1.61 bits per heavy atom. The van der Waals surface area contributed by atoms with Gasteiger partial charge in [0.25, 0.3) is 0 Å². The van der Waals surface area contributed by atoms with E-state index in [4.69, 9.17) is 32.7 Å². The molecular weight excluding hydrogens is 627 g/mol.